The smallest absolute Gasteiger partial charge is 0.389 e. The lowest BCUT2D eigenvalue weighted by atomic mass is 10.0. The number of hydrogen-bond acceptors (Lipinski definition) is 10. The van der Waals surface area contributed by atoms with E-state index in [0.29, 0.717) is 52.8 Å². The molecule has 0 N–H and O–H groups in total. The van der Waals surface area contributed by atoms with Crippen molar-refractivity contribution < 1.29 is 68.7 Å². The van der Waals surface area contributed by atoms with Gasteiger partial charge in [-0.15, -0.1) is 0 Å². The topological polar surface area (TPSA) is 124 Å². The van der Waals surface area contributed by atoms with Crippen LogP contribution in [0.4, 0.5) is 30.7 Å². The van der Waals surface area contributed by atoms with Crippen molar-refractivity contribution in [3.05, 3.63) is 90.3 Å². The van der Waals surface area contributed by atoms with Gasteiger partial charge in [0.05, 0.1) is 78.3 Å². The van der Waals surface area contributed by atoms with Gasteiger partial charge in [0.1, 0.15) is 63.1 Å². The summed E-state index contributed by atoms with van der Waals surface area (Å²) in [5.74, 6) is -0.741. The lowest BCUT2D eigenvalue weighted by molar-refractivity contribution is -0.134. The number of Topliss-reactive ketones (excluding diaryl/α,β-unsaturated/α-hetero) is 2. The Morgan fingerprint density at radius 3 is 1.50 bits per heavy atom. The van der Waals surface area contributed by atoms with Crippen LogP contribution in [0.25, 0.3) is 33.8 Å². The summed E-state index contributed by atoms with van der Waals surface area (Å²) in [4.78, 5) is 33.5. The van der Waals surface area contributed by atoms with Crippen LogP contribution in [-0.2, 0) is 4.74 Å². The number of rotatable bonds is 14. The molecule has 1 fully saturated rings. The highest BCUT2D eigenvalue weighted by atomic mass is 19.4. The van der Waals surface area contributed by atoms with E-state index in [4.69, 9.17) is 28.4 Å². The Kier molecular flexibility index (Phi) is 13.9. The Labute approximate surface area is 350 Å². The van der Waals surface area contributed by atoms with Crippen LogP contribution in [0, 0.1) is 5.82 Å². The van der Waals surface area contributed by atoms with Crippen molar-refractivity contribution in [1.29, 1.82) is 0 Å². The molecule has 62 heavy (non-hydrogen) atoms. The van der Waals surface area contributed by atoms with Gasteiger partial charge in [-0.25, -0.2) is 14.4 Å². The van der Waals surface area contributed by atoms with Crippen LogP contribution >= 0.6 is 0 Å². The molecule has 0 amide bonds. The van der Waals surface area contributed by atoms with E-state index >= 15 is 0 Å². The quantitative estimate of drug-likeness (QED) is 0.0772. The van der Waals surface area contributed by atoms with Crippen LogP contribution in [0.2, 0.25) is 0 Å². The van der Waals surface area contributed by atoms with Crippen molar-refractivity contribution in [2.75, 3.05) is 41.7 Å². The van der Waals surface area contributed by atoms with E-state index in [1.807, 2.05) is 22.7 Å². The predicted molar refractivity (Wildman–Crippen MR) is 211 cm³/mol. The molecular formula is C43H41F7N4O8. The number of alkyl halides is 6. The first kappa shape index (κ1) is 45.2. The third kappa shape index (κ3) is 10.7. The van der Waals surface area contributed by atoms with Gasteiger partial charge in [0.15, 0.2) is 11.6 Å². The summed E-state index contributed by atoms with van der Waals surface area (Å²) >= 11 is 0. The van der Waals surface area contributed by atoms with Crippen LogP contribution in [0.5, 0.6) is 28.7 Å². The maximum absolute atomic E-state index is 13.4. The van der Waals surface area contributed by atoms with Gasteiger partial charge in [-0.05, 0) is 36.4 Å². The molecule has 12 nitrogen and oxygen atoms in total. The minimum atomic E-state index is -4.44. The van der Waals surface area contributed by atoms with Gasteiger partial charge in [-0.1, -0.05) is 0 Å². The molecule has 1 aliphatic heterocycles. The third-order valence-corrected chi connectivity index (χ3v) is 9.86. The van der Waals surface area contributed by atoms with Gasteiger partial charge in [0.25, 0.3) is 0 Å². The SMILES string of the molecule is COc1cc(-c2cnc3cc(F)ccn23)cc(OC)c1C(=O)CCC(F)(F)F.COc1cc(-c2cnc3cc(OC4CCOCC4)ccn23)cc(OC)c1C(=O)CCC(F)(F)F. The predicted octanol–water partition coefficient (Wildman–Crippen LogP) is 9.78. The second-order valence-corrected chi connectivity index (χ2v) is 14.0. The molecule has 2 aromatic carbocycles. The summed E-state index contributed by atoms with van der Waals surface area (Å²) in [7, 11) is 5.33. The Balaban J connectivity index is 0.000000211. The van der Waals surface area contributed by atoms with Crippen LogP contribution in [0.1, 0.15) is 59.2 Å². The van der Waals surface area contributed by atoms with Gasteiger partial charge >= 0.3 is 12.4 Å². The number of hydrogen-bond donors (Lipinski definition) is 0. The Hall–Kier alpha value is -6.37. The molecule has 0 radical (unpaired) electrons. The number of benzene rings is 2. The number of carbonyl (C=O) groups is 2. The van der Waals surface area contributed by atoms with Crippen molar-refractivity contribution in [3.8, 4) is 51.3 Å². The number of carbonyl (C=O) groups excluding carboxylic acids is 2. The number of fused-ring (bicyclic) bond motifs is 2. The summed E-state index contributed by atoms with van der Waals surface area (Å²) < 4.78 is 125. The Morgan fingerprint density at radius 1 is 0.661 bits per heavy atom. The van der Waals surface area contributed by atoms with Crippen molar-refractivity contribution in [1.82, 2.24) is 18.8 Å². The fraction of sp³-hybridized carbons (Fsp3) is 0.349. The van der Waals surface area contributed by atoms with E-state index in [2.05, 4.69) is 9.97 Å². The number of ether oxygens (including phenoxy) is 6. The fourth-order valence-corrected chi connectivity index (χ4v) is 6.83. The zero-order valence-electron chi connectivity index (χ0n) is 33.9. The van der Waals surface area contributed by atoms with Crippen molar-refractivity contribution in [3.63, 3.8) is 0 Å². The minimum absolute atomic E-state index is 0.0148. The largest absolute Gasteiger partial charge is 0.496 e. The highest BCUT2D eigenvalue weighted by Gasteiger charge is 2.32. The molecule has 5 heterocycles. The van der Waals surface area contributed by atoms with E-state index in [-0.39, 0.29) is 40.2 Å². The van der Waals surface area contributed by atoms with E-state index in [0.717, 1.165) is 12.8 Å². The normalized spacial score (nSPS) is 13.4. The zero-order valence-corrected chi connectivity index (χ0v) is 33.9. The first-order chi connectivity index (χ1) is 29.5. The first-order valence-electron chi connectivity index (χ1n) is 19.1. The summed E-state index contributed by atoms with van der Waals surface area (Å²) in [5.41, 5.74) is 3.39. The number of nitrogens with zero attached hydrogens (tertiary/aromatic N) is 4. The molecule has 0 saturated carbocycles. The summed E-state index contributed by atoms with van der Waals surface area (Å²) in [5, 5.41) is 0. The average molecular weight is 875 g/mol. The van der Waals surface area contributed by atoms with Crippen LogP contribution in [0.3, 0.4) is 0 Å². The van der Waals surface area contributed by atoms with E-state index in [9.17, 15) is 40.3 Å². The molecule has 0 spiro atoms. The van der Waals surface area contributed by atoms with Gasteiger partial charge < -0.3 is 28.4 Å². The van der Waals surface area contributed by atoms with E-state index < -0.39 is 55.4 Å². The van der Waals surface area contributed by atoms with Crippen LogP contribution in [0.15, 0.2) is 73.3 Å². The highest BCUT2D eigenvalue weighted by molar-refractivity contribution is 6.03. The fourth-order valence-electron chi connectivity index (χ4n) is 6.83. The van der Waals surface area contributed by atoms with E-state index in [1.54, 1.807) is 22.7 Å². The second-order valence-electron chi connectivity index (χ2n) is 14.0. The molecular weight excluding hydrogens is 833 g/mol. The summed E-state index contributed by atoms with van der Waals surface area (Å²) in [6.07, 6.45) is -4.49. The molecule has 0 bridgehead atoms. The number of imidazole rings is 2. The maximum atomic E-state index is 13.4. The molecule has 0 unspecified atom stereocenters. The summed E-state index contributed by atoms with van der Waals surface area (Å²) in [6, 6.07) is 12.4. The van der Waals surface area contributed by atoms with E-state index in [1.165, 1.54) is 65.1 Å². The second kappa shape index (κ2) is 19.1. The van der Waals surface area contributed by atoms with Crippen molar-refractivity contribution >= 4 is 22.9 Å². The Morgan fingerprint density at radius 2 is 1.08 bits per heavy atom. The monoisotopic (exact) mass is 874 g/mol. The Bertz CT molecular complexity index is 2500. The zero-order chi connectivity index (χ0) is 44.8. The average Bonchev–Trinajstić information content (AvgIpc) is 3.87. The number of aromatic nitrogens is 4. The molecule has 1 saturated heterocycles. The highest BCUT2D eigenvalue weighted by Crippen LogP contribution is 2.39. The van der Waals surface area contributed by atoms with Crippen LogP contribution < -0.4 is 23.7 Å². The number of methoxy groups -OCH3 is 4. The molecule has 4 aromatic heterocycles. The third-order valence-electron chi connectivity index (χ3n) is 9.86. The van der Waals surface area contributed by atoms with Crippen LogP contribution in [-0.4, -0.2) is 90.4 Å². The molecule has 19 heteroatoms. The number of ketones is 2. The van der Waals surface area contributed by atoms with Gasteiger partial charge in [-0.3, -0.25) is 18.4 Å². The first-order valence-corrected chi connectivity index (χ1v) is 19.1. The minimum Gasteiger partial charge on any atom is -0.496 e. The lowest BCUT2D eigenvalue weighted by Crippen LogP contribution is -2.25. The maximum Gasteiger partial charge on any atom is 0.389 e. The number of halogens is 7. The molecule has 0 atom stereocenters. The standard InChI is InChI=1S/C24H25F3N2O5.C19H16F4N2O3/c1-31-20-11-15(12-21(32-2)23(20)19(30)3-7-24(25,26)27)18-14-28-22-13-17(4-8-29(18)22)34-16-5-9-33-10-6-16;1-27-15-7-11(13-10-24-17-9-12(20)4-6-25(13)17)8-16(28-2)18(15)14(26)3-5-19(21,22)23/h4,8,11-14,16H,3,5-7,9-10H2,1-2H3;4,6-10H,3,5H2,1-2H3. The molecule has 7 rings (SSSR count). The molecule has 6 aromatic rings. The van der Waals surface area contributed by atoms with Gasteiger partial charge in [0.2, 0.25) is 0 Å². The van der Waals surface area contributed by atoms with Gasteiger partial charge in [-0.2, -0.15) is 26.3 Å². The number of pyridine rings is 2. The molecule has 0 aliphatic carbocycles. The van der Waals surface area contributed by atoms with Gasteiger partial charge in [0, 0.05) is 61.3 Å². The molecule has 330 valence electrons. The molecule has 1 aliphatic rings. The van der Waals surface area contributed by atoms with Crippen molar-refractivity contribution in [2.45, 2.75) is 57.0 Å². The van der Waals surface area contributed by atoms with Crippen molar-refractivity contribution in [2.24, 2.45) is 0 Å². The summed E-state index contributed by atoms with van der Waals surface area (Å²) in [6.45, 7) is 1.36. The lowest BCUT2D eigenvalue weighted by Gasteiger charge is -2.23.